The Morgan fingerprint density at radius 2 is 1.70 bits per heavy atom. The van der Waals surface area contributed by atoms with E-state index in [0.29, 0.717) is 6.61 Å². The lowest BCUT2D eigenvalue weighted by molar-refractivity contribution is 0.242. The van der Waals surface area contributed by atoms with Crippen molar-refractivity contribution in [3.05, 3.63) is 65.7 Å². The quantitative estimate of drug-likeness (QED) is 0.820. The Kier molecular flexibility index (Phi) is 4.00. The average Bonchev–Trinajstić information content (AvgIpc) is 3.26. The fourth-order valence-electron chi connectivity index (χ4n) is 2.28. The van der Waals surface area contributed by atoms with Crippen LogP contribution in [0.2, 0.25) is 0 Å². The van der Waals surface area contributed by atoms with Gasteiger partial charge in [0.25, 0.3) is 0 Å². The summed E-state index contributed by atoms with van der Waals surface area (Å²) in [4.78, 5) is 0. The molecule has 0 amide bonds. The SMILES string of the molecule is OCC1OC1Cc1ccccc1OCc1ccccc1. The van der Waals surface area contributed by atoms with Gasteiger partial charge in [0.15, 0.2) is 0 Å². The smallest absolute Gasteiger partial charge is 0.123 e. The first kappa shape index (κ1) is 13.2. The van der Waals surface area contributed by atoms with Crippen LogP contribution in [0.15, 0.2) is 54.6 Å². The molecule has 1 fully saturated rings. The van der Waals surface area contributed by atoms with Crippen LogP contribution < -0.4 is 4.74 Å². The zero-order valence-electron chi connectivity index (χ0n) is 11.2. The summed E-state index contributed by atoms with van der Waals surface area (Å²) < 4.78 is 11.3. The molecule has 0 radical (unpaired) electrons. The molecule has 0 saturated carbocycles. The van der Waals surface area contributed by atoms with E-state index < -0.39 is 0 Å². The molecule has 3 heteroatoms. The second-order valence-corrected chi connectivity index (χ2v) is 4.98. The van der Waals surface area contributed by atoms with Crippen molar-refractivity contribution in [1.29, 1.82) is 0 Å². The fourth-order valence-corrected chi connectivity index (χ4v) is 2.28. The lowest BCUT2D eigenvalue weighted by atomic mass is 10.1. The predicted molar refractivity (Wildman–Crippen MR) is 76.7 cm³/mol. The first-order chi connectivity index (χ1) is 9.86. The molecule has 0 aliphatic carbocycles. The van der Waals surface area contributed by atoms with Gasteiger partial charge in [0.05, 0.1) is 12.7 Å². The van der Waals surface area contributed by atoms with E-state index in [1.54, 1.807) is 0 Å². The molecule has 2 unspecified atom stereocenters. The van der Waals surface area contributed by atoms with Crippen LogP contribution in [-0.4, -0.2) is 23.9 Å². The summed E-state index contributed by atoms with van der Waals surface area (Å²) in [5, 5.41) is 9.02. The first-order valence-corrected chi connectivity index (χ1v) is 6.88. The summed E-state index contributed by atoms with van der Waals surface area (Å²) in [6.07, 6.45) is 0.912. The Morgan fingerprint density at radius 1 is 0.950 bits per heavy atom. The molecule has 1 aliphatic heterocycles. The van der Waals surface area contributed by atoms with Gasteiger partial charge in [-0.25, -0.2) is 0 Å². The second kappa shape index (κ2) is 6.07. The minimum absolute atomic E-state index is 0.00261. The number of hydrogen-bond acceptors (Lipinski definition) is 3. The van der Waals surface area contributed by atoms with E-state index in [4.69, 9.17) is 14.6 Å². The highest BCUT2D eigenvalue weighted by atomic mass is 16.6. The van der Waals surface area contributed by atoms with Crippen LogP contribution in [-0.2, 0) is 17.8 Å². The summed E-state index contributed by atoms with van der Waals surface area (Å²) >= 11 is 0. The van der Waals surface area contributed by atoms with Crippen LogP contribution in [0.25, 0.3) is 0 Å². The highest BCUT2D eigenvalue weighted by Gasteiger charge is 2.38. The number of aliphatic hydroxyl groups is 1. The molecule has 2 aromatic carbocycles. The molecule has 1 aliphatic rings. The lowest BCUT2D eigenvalue weighted by Crippen LogP contribution is -2.04. The Hall–Kier alpha value is -1.84. The maximum Gasteiger partial charge on any atom is 0.123 e. The lowest BCUT2D eigenvalue weighted by Gasteiger charge is -2.10. The molecule has 3 rings (SSSR count). The monoisotopic (exact) mass is 270 g/mol. The first-order valence-electron chi connectivity index (χ1n) is 6.88. The van der Waals surface area contributed by atoms with E-state index in [-0.39, 0.29) is 18.8 Å². The minimum Gasteiger partial charge on any atom is -0.489 e. The number of rotatable bonds is 6. The van der Waals surface area contributed by atoms with Crippen LogP contribution in [0, 0.1) is 0 Å². The van der Waals surface area contributed by atoms with Crippen LogP contribution in [0.4, 0.5) is 0 Å². The van der Waals surface area contributed by atoms with Crippen LogP contribution in [0.1, 0.15) is 11.1 Å². The molecule has 1 saturated heterocycles. The van der Waals surface area contributed by atoms with E-state index in [9.17, 15) is 0 Å². The van der Waals surface area contributed by atoms with Crippen LogP contribution in [0.5, 0.6) is 5.75 Å². The molecule has 2 atom stereocenters. The Morgan fingerprint density at radius 3 is 2.45 bits per heavy atom. The third kappa shape index (κ3) is 3.18. The summed E-state index contributed by atoms with van der Waals surface area (Å²) in [6, 6.07) is 18.1. The van der Waals surface area contributed by atoms with Crippen molar-refractivity contribution in [2.45, 2.75) is 25.2 Å². The zero-order valence-corrected chi connectivity index (χ0v) is 11.2. The van der Waals surface area contributed by atoms with Gasteiger partial charge in [0, 0.05) is 6.42 Å². The van der Waals surface area contributed by atoms with E-state index in [1.807, 2.05) is 36.4 Å². The van der Waals surface area contributed by atoms with Crippen molar-refractivity contribution in [3.63, 3.8) is 0 Å². The van der Waals surface area contributed by atoms with Crippen molar-refractivity contribution >= 4 is 0 Å². The van der Waals surface area contributed by atoms with Gasteiger partial charge < -0.3 is 14.6 Å². The van der Waals surface area contributed by atoms with Gasteiger partial charge >= 0.3 is 0 Å². The van der Waals surface area contributed by atoms with Gasteiger partial charge in [-0.15, -0.1) is 0 Å². The van der Waals surface area contributed by atoms with Crippen molar-refractivity contribution in [3.8, 4) is 5.75 Å². The molecule has 2 aromatic rings. The summed E-state index contributed by atoms with van der Waals surface area (Å²) in [7, 11) is 0. The molecular formula is C17H18O3. The number of epoxide rings is 1. The molecule has 3 nitrogen and oxygen atoms in total. The molecule has 0 bridgehead atoms. The van der Waals surface area contributed by atoms with Gasteiger partial charge in [0.1, 0.15) is 18.5 Å². The third-order valence-electron chi connectivity index (χ3n) is 3.50. The highest BCUT2D eigenvalue weighted by molar-refractivity contribution is 5.34. The molecular weight excluding hydrogens is 252 g/mol. The number of aliphatic hydroxyl groups excluding tert-OH is 1. The number of benzene rings is 2. The topological polar surface area (TPSA) is 42.0 Å². The molecule has 1 N–H and O–H groups in total. The second-order valence-electron chi connectivity index (χ2n) is 4.98. The maximum absolute atomic E-state index is 9.02. The number of hydrogen-bond donors (Lipinski definition) is 1. The van der Waals surface area contributed by atoms with Gasteiger partial charge in [-0.05, 0) is 17.2 Å². The predicted octanol–water partition coefficient (Wildman–Crippen LogP) is 2.57. The molecule has 1 heterocycles. The van der Waals surface area contributed by atoms with E-state index in [1.165, 1.54) is 0 Å². The van der Waals surface area contributed by atoms with Crippen LogP contribution >= 0.6 is 0 Å². The highest BCUT2D eigenvalue weighted by Crippen LogP contribution is 2.29. The van der Waals surface area contributed by atoms with E-state index in [2.05, 4.69) is 18.2 Å². The van der Waals surface area contributed by atoms with Crippen molar-refractivity contribution in [1.82, 2.24) is 0 Å². The standard InChI is InChI=1S/C17H18O3/c18-11-17-16(20-17)10-14-8-4-5-9-15(14)19-12-13-6-2-1-3-7-13/h1-9,16-18H,10-12H2. The fraction of sp³-hybridized carbons (Fsp3) is 0.294. The van der Waals surface area contributed by atoms with Crippen molar-refractivity contribution in [2.75, 3.05) is 6.61 Å². The van der Waals surface area contributed by atoms with Gasteiger partial charge in [-0.1, -0.05) is 48.5 Å². The van der Waals surface area contributed by atoms with Gasteiger partial charge in [-0.2, -0.15) is 0 Å². The van der Waals surface area contributed by atoms with Crippen molar-refractivity contribution in [2.24, 2.45) is 0 Å². The van der Waals surface area contributed by atoms with Crippen LogP contribution in [0.3, 0.4) is 0 Å². The minimum atomic E-state index is -0.00261. The number of ether oxygens (including phenoxy) is 2. The number of para-hydroxylation sites is 1. The Balaban J connectivity index is 1.64. The summed E-state index contributed by atoms with van der Waals surface area (Å²) in [5.41, 5.74) is 2.28. The Labute approximate surface area is 118 Å². The van der Waals surface area contributed by atoms with E-state index >= 15 is 0 Å². The molecule has 0 aromatic heterocycles. The largest absolute Gasteiger partial charge is 0.489 e. The van der Waals surface area contributed by atoms with Gasteiger partial charge in [-0.3, -0.25) is 0 Å². The zero-order chi connectivity index (χ0) is 13.8. The Bertz CT molecular complexity index is 553. The van der Waals surface area contributed by atoms with Crippen molar-refractivity contribution < 1.29 is 14.6 Å². The maximum atomic E-state index is 9.02. The molecule has 104 valence electrons. The third-order valence-corrected chi connectivity index (χ3v) is 3.50. The van der Waals surface area contributed by atoms with E-state index in [0.717, 1.165) is 23.3 Å². The van der Waals surface area contributed by atoms with Gasteiger partial charge in [0.2, 0.25) is 0 Å². The summed E-state index contributed by atoms with van der Waals surface area (Å²) in [6.45, 7) is 0.657. The molecule has 0 spiro atoms. The summed E-state index contributed by atoms with van der Waals surface area (Å²) in [5.74, 6) is 0.892. The average molecular weight is 270 g/mol. The normalized spacial score (nSPS) is 20.6. The molecule has 20 heavy (non-hydrogen) atoms.